The Labute approximate surface area is 463 Å². The molecule has 0 aromatic heterocycles. The molecule has 0 fully saturated rings. The average molecular weight is 1070 g/mol. The van der Waals surface area contributed by atoms with Crippen molar-refractivity contribution in [2.45, 2.75) is 290 Å². The van der Waals surface area contributed by atoms with Crippen molar-refractivity contribution in [3.8, 4) is 0 Å². The Bertz CT molecular complexity index is 1510. The van der Waals surface area contributed by atoms with Gasteiger partial charge >= 0.3 is 5.97 Å². The second-order valence-corrected chi connectivity index (χ2v) is 23.6. The summed E-state index contributed by atoms with van der Waals surface area (Å²) in [6.45, 7) is 6.73. The summed E-state index contributed by atoms with van der Waals surface area (Å²) in [5.74, 6) is -0.548. The number of rotatable bonds is 56. The summed E-state index contributed by atoms with van der Waals surface area (Å²) in [6.07, 6.45) is 70.0. The van der Waals surface area contributed by atoms with E-state index in [0.717, 1.165) is 103 Å². The quantitative estimate of drug-likeness (QED) is 0.0212. The average Bonchev–Trinajstić information content (AvgIpc) is 3.37. The molecular formula is C65H119N2O7P. The highest BCUT2D eigenvalue weighted by Gasteiger charge is 2.27. The van der Waals surface area contributed by atoms with E-state index in [9.17, 15) is 19.0 Å². The van der Waals surface area contributed by atoms with Crippen molar-refractivity contribution in [2.24, 2.45) is 0 Å². The zero-order valence-electron chi connectivity index (χ0n) is 49.7. The predicted octanol–water partition coefficient (Wildman–Crippen LogP) is 18.6. The van der Waals surface area contributed by atoms with Gasteiger partial charge in [-0.2, -0.15) is 0 Å². The molecule has 1 N–H and O–H groups in total. The number of phosphoric acid groups is 1. The smallest absolute Gasteiger partial charge is 0.306 e. The Hall–Kier alpha value is -2.55. The lowest BCUT2D eigenvalue weighted by molar-refractivity contribution is -0.870. The standard InChI is InChI=1S/C65H119N2O7P/c1-7-10-13-16-19-22-25-28-29-30-31-32-33-34-35-36-37-40-42-45-48-51-54-57-64(68)66-62(61-73-75(70,71)72-60-59-67(4,5)6)63(56-53-50-47-44-41-38-26-23-20-17-14-11-8-2)74-65(69)58-55-52-49-46-43-39-27-24-21-18-15-12-9-3/h10,13,19,22,28-29,31-32,34-35,53,56,62-63H,7-9,11-12,14-18,20-21,23-27,30,33,36-52,54-55,57-61H2,1-6H3,(H-,66,68,70,71)/b13-10-,22-19-,29-28-,32-31-,35-34-,56-53-. The number of phosphoric ester groups is 1. The van der Waals surface area contributed by atoms with E-state index in [-0.39, 0.29) is 24.9 Å². The molecule has 436 valence electrons. The molecule has 3 atom stereocenters. The first-order valence-electron chi connectivity index (χ1n) is 31.2. The topological polar surface area (TPSA) is 114 Å². The molecule has 10 heteroatoms. The van der Waals surface area contributed by atoms with Gasteiger partial charge in [0.1, 0.15) is 19.3 Å². The Morgan fingerprint density at radius 3 is 1.28 bits per heavy atom. The Morgan fingerprint density at radius 2 is 0.853 bits per heavy atom. The number of nitrogens with one attached hydrogen (secondary N) is 1. The van der Waals surface area contributed by atoms with Gasteiger partial charge < -0.3 is 28.5 Å². The van der Waals surface area contributed by atoms with Crippen LogP contribution >= 0.6 is 7.82 Å². The predicted molar refractivity (Wildman–Crippen MR) is 321 cm³/mol. The number of quaternary nitrogens is 1. The van der Waals surface area contributed by atoms with E-state index in [1.54, 1.807) is 0 Å². The Morgan fingerprint density at radius 1 is 0.480 bits per heavy atom. The molecule has 75 heavy (non-hydrogen) atoms. The molecule has 3 unspecified atom stereocenters. The van der Waals surface area contributed by atoms with Crippen molar-refractivity contribution in [3.05, 3.63) is 72.9 Å². The van der Waals surface area contributed by atoms with Gasteiger partial charge in [-0.3, -0.25) is 14.2 Å². The first-order valence-corrected chi connectivity index (χ1v) is 32.7. The number of unbranched alkanes of at least 4 members (excludes halogenated alkanes) is 30. The lowest BCUT2D eigenvalue weighted by Gasteiger charge is -2.30. The van der Waals surface area contributed by atoms with E-state index >= 15 is 0 Å². The number of nitrogens with zero attached hydrogens (tertiary/aromatic N) is 1. The van der Waals surface area contributed by atoms with Crippen LogP contribution in [0.2, 0.25) is 0 Å². The molecule has 0 aromatic carbocycles. The molecule has 0 saturated heterocycles. The van der Waals surface area contributed by atoms with Crippen molar-refractivity contribution in [3.63, 3.8) is 0 Å². The summed E-state index contributed by atoms with van der Waals surface area (Å²) in [5.41, 5.74) is 0. The second-order valence-electron chi connectivity index (χ2n) is 22.2. The molecule has 0 aromatic rings. The highest BCUT2D eigenvalue weighted by atomic mass is 31.2. The first-order chi connectivity index (χ1) is 36.4. The Kier molecular flexibility index (Phi) is 52.9. The van der Waals surface area contributed by atoms with E-state index in [1.807, 2.05) is 33.3 Å². The molecule has 1 amide bonds. The molecule has 0 heterocycles. The monoisotopic (exact) mass is 1070 g/mol. The Balaban J connectivity index is 5.23. The van der Waals surface area contributed by atoms with E-state index < -0.39 is 26.6 Å². The summed E-state index contributed by atoms with van der Waals surface area (Å²) in [5, 5.41) is 3.03. The van der Waals surface area contributed by atoms with Crippen molar-refractivity contribution < 1.29 is 37.3 Å². The molecule has 0 aliphatic heterocycles. The van der Waals surface area contributed by atoms with Crippen molar-refractivity contribution in [1.82, 2.24) is 5.32 Å². The normalized spacial score (nSPS) is 14.2. The van der Waals surface area contributed by atoms with E-state index in [4.69, 9.17) is 13.8 Å². The number of carbonyl (C=O) groups excluding carboxylic acids is 2. The summed E-state index contributed by atoms with van der Waals surface area (Å²) < 4.78 is 30.3. The lowest BCUT2D eigenvalue weighted by Crippen LogP contribution is -2.47. The fourth-order valence-corrected chi connectivity index (χ4v) is 9.57. The minimum Gasteiger partial charge on any atom is -0.756 e. The minimum absolute atomic E-state index is 0.0258. The minimum atomic E-state index is -4.70. The molecule has 0 aliphatic carbocycles. The van der Waals surface area contributed by atoms with Gasteiger partial charge in [-0.25, -0.2) is 0 Å². The number of hydrogen-bond donors (Lipinski definition) is 1. The lowest BCUT2D eigenvalue weighted by atomic mass is 10.0. The molecule has 9 nitrogen and oxygen atoms in total. The maximum absolute atomic E-state index is 13.5. The summed E-state index contributed by atoms with van der Waals surface area (Å²) in [4.78, 5) is 40.0. The van der Waals surface area contributed by atoms with Gasteiger partial charge in [0.05, 0.1) is 33.8 Å². The maximum Gasteiger partial charge on any atom is 0.306 e. The van der Waals surface area contributed by atoms with Crippen molar-refractivity contribution >= 4 is 19.7 Å². The number of amides is 1. The number of allylic oxidation sites excluding steroid dienone is 11. The summed E-state index contributed by atoms with van der Waals surface area (Å²) in [6, 6.07) is -0.895. The third-order valence-corrected chi connectivity index (χ3v) is 14.6. The number of ether oxygens (including phenoxy) is 1. The van der Waals surface area contributed by atoms with Crippen LogP contribution in [0.1, 0.15) is 278 Å². The van der Waals surface area contributed by atoms with Crippen LogP contribution in [-0.4, -0.2) is 69.4 Å². The maximum atomic E-state index is 13.5. The van der Waals surface area contributed by atoms with Crippen LogP contribution in [0.25, 0.3) is 0 Å². The number of esters is 1. The molecule has 0 radical (unpaired) electrons. The SMILES string of the molecule is CC/C=C\C/C=C\C/C=C\C/C=C\C/C=C\CCCCCCCCCC(=O)NC(COP(=O)([O-])OCC[N+](C)(C)C)C(/C=C\CCCCCCCCCCCCC)OC(=O)CCCCCCCCCCCCCCC. The van der Waals surface area contributed by atoms with Crippen molar-refractivity contribution in [1.29, 1.82) is 0 Å². The van der Waals surface area contributed by atoms with Gasteiger partial charge in [0.2, 0.25) is 5.91 Å². The molecule has 0 rings (SSSR count). The van der Waals surface area contributed by atoms with Gasteiger partial charge in [-0.1, -0.05) is 261 Å². The summed E-state index contributed by atoms with van der Waals surface area (Å²) in [7, 11) is 1.18. The first kappa shape index (κ1) is 72.5. The van der Waals surface area contributed by atoms with Crippen LogP contribution < -0.4 is 10.2 Å². The molecule has 0 spiro atoms. The summed E-state index contributed by atoms with van der Waals surface area (Å²) >= 11 is 0. The van der Waals surface area contributed by atoms with Crippen molar-refractivity contribution in [2.75, 3.05) is 40.9 Å². The van der Waals surface area contributed by atoms with E-state index in [0.29, 0.717) is 17.4 Å². The number of hydrogen-bond acceptors (Lipinski definition) is 7. The largest absolute Gasteiger partial charge is 0.756 e. The highest BCUT2D eigenvalue weighted by Crippen LogP contribution is 2.38. The third kappa shape index (κ3) is 56.0. The number of carbonyl (C=O) groups is 2. The van der Waals surface area contributed by atoms with Crippen LogP contribution in [0.4, 0.5) is 0 Å². The highest BCUT2D eigenvalue weighted by molar-refractivity contribution is 7.45. The van der Waals surface area contributed by atoms with Gasteiger partial charge in [0, 0.05) is 12.8 Å². The van der Waals surface area contributed by atoms with Crippen LogP contribution in [-0.2, 0) is 27.9 Å². The fourth-order valence-electron chi connectivity index (χ4n) is 8.84. The molecule has 0 bridgehead atoms. The van der Waals surface area contributed by atoms with Crippen LogP contribution in [0.15, 0.2) is 72.9 Å². The van der Waals surface area contributed by atoms with Crippen LogP contribution in [0, 0.1) is 0 Å². The van der Waals surface area contributed by atoms with E-state index in [2.05, 4.69) is 86.8 Å². The molecule has 0 saturated carbocycles. The van der Waals surface area contributed by atoms with Gasteiger partial charge in [0.25, 0.3) is 7.82 Å². The van der Waals surface area contributed by atoms with Crippen LogP contribution in [0.3, 0.4) is 0 Å². The fraction of sp³-hybridized carbons (Fsp3) is 0.785. The van der Waals surface area contributed by atoms with Crippen LogP contribution in [0.5, 0.6) is 0 Å². The second kappa shape index (κ2) is 54.8. The third-order valence-electron chi connectivity index (χ3n) is 13.7. The zero-order valence-corrected chi connectivity index (χ0v) is 50.6. The van der Waals surface area contributed by atoms with Gasteiger partial charge in [-0.05, 0) is 76.7 Å². The van der Waals surface area contributed by atoms with E-state index in [1.165, 1.54) is 141 Å². The molecular weight excluding hydrogens is 952 g/mol. The number of likely N-dealkylation sites (N-methyl/N-ethyl adjacent to an activating group) is 1. The molecule has 0 aliphatic rings. The zero-order chi connectivity index (χ0) is 55.0. The van der Waals surface area contributed by atoms with Gasteiger partial charge in [-0.15, -0.1) is 0 Å². The van der Waals surface area contributed by atoms with Gasteiger partial charge in [0.15, 0.2) is 0 Å².